The van der Waals surface area contributed by atoms with Crippen molar-refractivity contribution in [3.63, 3.8) is 0 Å². The molecule has 4 aromatic rings. The molecule has 3 aromatic heterocycles. The molecule has 0 bridgehead atoms. The molecule has 158 valence electrons. The molecular formula is C23H23FN6O. The van der Waals surface area contributed by atoms with Gasteiger partial charge < -0.3 is 15.0 Å². The SMILES string of the molecule is Cc1cn2c(NCc3c(F)ccc4c3CCO4)ncc(-c3ccc(N(C)C)nc3)c2n1. The van der Waals surface area contributed by atoms with Crippen LogP contribution in [0.2, 0.25) is 0 Å². The Labute approximate surface area is 179 Å². The van der Waals surface area contributed by atoms with E-state index < -0.39 is 0 Å². The summed E-state index contributed by atoms with van der Waals surface area (Å²) in [5, 5.41) is 3.28. The number of hydrogen-bond acceptors (Lipinski definition) is 6. The number of rotatable bonds is 5. The number of benzene rings is 1. The fourth-order valence-electron chi connectivity index (χ4n) is 3.91. The van der Waals surface area contributed by atoms with Crippen LogP contribution in [0.5, 0.6) is 5.75 Å². The van der Waals surface area contributed by atoms with Crippen LogP contribution in [0, 0.1) is 12.7 Å². The van der Waals surface area contributed by atoms with Gasteiger partial charge in [-0.1, -0.05) is 0 Å². The average molecular weight is 418 g/mol. The van der Waals surface area contributed by atoms with Crippen molar-refractivity contribution in [2.24, 2.45) is 0 Å². The lowest BCUT2D eigenvalue weighted by Crippen LogP contribution is -2.10. The molecule has 0 aliphatic carbocycles. The predicted molar refractivity (Wildman–Crippen MR) is 118 cm³/mol. The number of halogens is 1. The number of anilines is 2. The highest BCUT2D eigenvalue weighted by molar-refractivity contribution is 5.78. The molecule has 0 fully saturated rings. The third-order valence-electron chi connectivity index (χ3n) is 5.49. The molecule has 1 aromatic carbocycles. The summed E-state index contributed by atoms with van der Waals surface area (Å²) in [5.74, 6) is 2.01. The molecule has 0 unspecified atom stereocenters. The Hall–Kier alpha value is -3.68. The van der Waals surface area contributed by atoms with E-state index in [0.29, 0.717) is 31.1 Å². The van der Waals surface area contributed by atoms with Gasteiger partial charge >= 0.3 is 0 Å². The lowest BCUT2D eigenvalue weighted by molar-refractivity contribution is 0.356. The van der Waals surface area contributed by atoms with Gasteiger partial charge in [-0.3, -0.25) is 4.40 Å². The second-order valence-electron chi connectivity index (χ2n) is 7.83. The second kappa shape index (κ2) is 7.54. The summed E-state index contributed by atoms with van der Waals surface area (Å²) in [5.41, 5.74) is 5.01. The van der Waals surface area contributed by atoms with Crippen LogP contribution >= 0.6 is 0 Å². The van der Waals surface area contributed by atoms with Crippen molar-refractivity contribution in [2.75, 3.05) is 30.9 Å². The van der Waals surface area contributed by atoms with Crippen LogP contribution in [-0.2, 0) is 13.0 Å². The minimum Gasteiger partial charge on any atom is -0.493 e. The first-order chi connectivity index (χ1) is 15.0. The summed E-state index contributed by atoms with van der Waals surface area (Å²) in [6.07, 6.45) is 6.24. The molecule has 5 rings (SSSR count). The van der Waals surface area contributed by atoms with Gasteiger partial charge in [-0.25, -0.2) is 19.3 Å². The number of aromatic nitrogens is 4. The Morgan fingerprint density at radius 3 is 2.81 bits per heavy atom. The van der Waals surface area contributed by atoms with E-state index in [1.165, 1.54) is 6.07 Å². The van der Waals surface area contributed by atoms with Crippen molar-refractivity contribution in [1.29, 1.82) is 0 Å². The molecule has 0 saturated heterocycles. The average Bonchev–Trinajstić information content (AvgIpc) is 3.39. The van der Waals surface area contributed by atoms with Crippen LogP contribution in [-0.4, -0.2) is 40.1 Å². The molecule has 0 saturated carbocycles. The van der Waals surface area contributed by atoms with Gasteiger partial charge in [0.1, 0.15) is 23.0 Å². The number of nitrogens with zero attached hydrogens (tertiary/aromatic N) is 5. The largest absolute Gasteiger partial charge is 0.493 e. The van der Waals surface area contributed by atoms with E-state index in [-0.39, 0.29) is 5.82 Å². The van der Waals surface area contributed by atoms with Gasteiger partial charge in [-0.2, -0.15) is 0 Å². The summed E-state index contributed by atoms with van der Waals surface area (Å²) in [4.78, 5) is 15.8. The number of fused-ring (bicyclic) bond motifs is 2. The molecule has 1 aliphatic heterocycles. The van der Waals surface area contributed by atoms with Crippen molar-refractivity contribution in [3.8, 4) is 16.9 Å². The van der Waals surface area contributed by atoms with Crippen molar-refractivity contribution < 1.29 is 9.13 Å². The minimum atomic E-state index is -0.238. The van der Waals surface area contributed by atoms with E-state index in [4.69, 9.17) is 4.74 Å². The maximum absolute atomic E-state index is 14.5. The molecule has 4 heterocycles. The van der Waals surface area contributed by atoms with Crippen LogP contribution in [0.1, 0.15) is 16.8 Å². The lowest BCUT2D eigenvalue weighted by atomic mass is 10.0. The van der Waals surface area contributed by atoms with E-state index in [1.54, 1.807) is 12.3 Å². The molecule has 7 nitrogen and oxygen atoms in total. The van der Waals surface area contributed by atoms with Crippen LogP contribution in [0.25, 0.3) is 16.8 Å². The van der Waals surface area contributed by atoms with E-state index in [0.717, 1.165) is 39.6 Å². The Morgan fingerprint density at radius 2 is 2.03 bits per heavy atom. The van der Waals surface area contributed by atoms with Gasteiger partial charge in [0.05, 0.1) is 12.3 Å². The van der Waals surface area contributed by atoms with E-state index in [9.17, 15) is 4.39 Å². The zero-order valence-corrected chi connectivity index (χ0v) is 17.7. The summed E-state index contributed by atoms with van der Waals surface area (Å²) in [7, 11) is 3.91. The Morgan fingerprint density at radius 1 is 1.16 bits per heavy atom. The maximum Gasteiger partial charge on any atom is 0.208 e. The molecule has 0 spiro atoms. The Balaban J connectivity index is 1.49. The summed E-state index contributed by atoms with van der Waals surface area (Å²) in [6.45, 7) is 2.84. The van der Waals surface area contributed by atoms with Gasteiger partial charge in [0.25, 0.3) is 0 Å². The molecule has 0 atom stereocenters. The summed E-state index contributed by atoms with van der Waals surface area (Å²) in [6, 6.07) is 7.13. The Bertz CT molecular complexity index is 1270. The quantitative estimate of drug-likeness (QED) is 0.531. The maximum atomic E-state index is 14.5. The molecule has 0 amide bonds. The first-order valence-corrected chi connectivity index (χ1v) is 10.2. The van der Waals surface area contributed by atoms with Gasteiger partial charge in [0, 0.05) is 67.9 Å². The minimum absolute atomic E-state index is 0.238. The highest BCUT2D eigenvalue weighted by Crippen LogP contribution is 2.31. The van der Waals surface area contributed by atoms with Crippen LogP contribution in [0.15, 0.2) is 42.9 Å². The number of ether oxygens (including phenoxy) is 1. The molecule has 1 N–H and O–H groups in total. The first kappa shape index (κ1) is 19.3. The van der Waals surface area contributed by atoms with Crippen molar-refractivity contribution in [3.05, 3.63) is 65.5 Å². The second-order valence-corrected chi connectivity index (χ2v) is 7.83. The van der Waals surface area contributed by atoms with Gasteiger partial charge in [-0.05, 0) is 31.2 Å². The Kier molecular flexibility index (Phi) is 4.69. The molecule has 31 heavy (non-hydrogen) atoms. The normalized spacial score (nSPS) is 12.6. The zero-order valence-electron chi connectivity index (χ0n) is 17.7. The lowest BCUT2D eigenvalue weighted by Gasteiger charge is -2.14. The standard InChI is InChI=1S/C23H23FN6O/c1-14-13-30-22(28-14)17(15-4-7-21(25-10-15)29(2)3)11-26-23(30)27-12-18-16-8-9-31-20(16)6-5-19(18)24/h4-7,10-11,13H,8-9,12H2,1-3H3,(H,26,27). The summed E-state index contributed by atoms with van der Waals surface area (Å²) < 4.78 is 22.0. The fraction of sp³-hybridized carbons (Fsp3) is 0.261. The number of nitrogens with one attached hydrogen (secondary N) is 1. The molecule has 1 aliphatic rings. The monoisotopic (exact) mass is 418 g/mol. The van der Waals surface area contributed by atoms with E-state index >= 15 is 0 Å². The number of aryl methyl sites for hydroxylation is 1. The van der Waals surface area contributed by atoms with Crippen LogP contribution < -0.4 is 15.0 Å². The first-order valence-electron chi connectivity index (χ1n) is 10.2. The number of pyridine rings is 1. The molecule has 8 heteroatoms. The van der Waals surface area contributed by atoms with Gasteiger partial charge in [0.2, 0.25) is 5.95 Å². The van der Waals surface area contributed by atoms with Crippen LogP contribution in [0.3, 0.4) is 0 Å². The van der Waals surface area contributed by atoms with Crippen molar-refractivity contribution in [2.45, 2.75) is 19.9 Å². The molecule has 0 radical (unpaired) electrons. The predicted octanol–water partition coefficient (Wildman–Crippen LogP) is 3.85. The third-order valence-corrected chi connectivity index (χ3v) is 5.49. The smallest absolute Gasteiger partial charge is 0.208 e. The van der Waals surface area contributed by atoms with Crippen LogP contribution in [0.4, 0.5) is 16.2 Å². The highest BCUT2D eigenvalue weighted by atomic mass is 19.1. The van der Waals surface area contributed by atoms with E-state index in [2.05, 4.69) is 20.3 Å². The number of imidazole rings is 1. The van der Waals surface area contributed by atoms with Gasteiger partial charge in [0.15, 0.2) is 0 Å². The topological polar surface area (TPSA) is 67.6 Å². The fourth-order valence-corrected chi connectivity index (χ4v) is 3.91. The van der Waals surface area contributed by atoms with Gasteiger partial charge in [-0.15, -0.1) is 0 Å². The van der Waals surface area contributed by atoms with E-state index in [1.807, 2.05) is 54.8 Å². The summed E-state index contributed by atoms with van der Waals surface area (Å²) >= 11 is 0. The third kappa shape index (κ3) is 3.43. The van der Waals surface area contributed by atoms with Crippen molar-refractivity contribution in [1.82, 2.24) is 19.4 Å². The van der Waals surface area contributed by atoms with Crippen molar-refractivity contribution >= 4 is 17.4 Å². The number of hydrogen-bond donors (Lipinski definition) is 1. The molecular weight excluding hydrogens is 395 g/mol. The zero-order chi connectivity index (χ0) is 21.5. The highest BCUT2D eigenvalue weighted by Gasteiger charge is 2.20.